The molecule has 1 amide bonds. The van der Waals surface area contributed by atoms with Crippen molar-refractivity contribution in [2.24, 2.45) is 0 Å². The monoisotopic (exact) mass is 264 g/mol. The Morgan fingerprint density at radius 3 is 2.53 bits per heavy atom. The standard InChI is InChI=1S/C14H24N4O/c1-11-5-6-13(12(15)9-11)16-14(19)10-18(4)8-7-17(2)3/h5-6,9H,7-8,10,15H2,1-4H3,(H,16,19). The number of likely N-dealkylation sites (N-methyl/N-ethyl adjacent to an activating group) is 2. The molecule has 0 saturated carbocycles. The van der Waals surface area contributed by atoms with Crippen molar-refractivity contribution >= 4 is 17.3 Å². The summed E-state index contributed by atoms with van der Waals surface area (Å²) in [6.45, 7) is 4.11. The van der Waals surface area contributed by atoms with Crippen LogP contribution in [0.1, 0.15) is 5.56 Å². The first-order valence-electron chi connectivity index (χ1n) is 6.37. The molecule has 0 spiro atoms. The zero-order valence-electron chi connectivity index (χ0n) is 12.2. The molecule has 0 radical (unpaired) electrons. The number of nitrogens with one attached hydrogen (secondary N) is 1. The highest BCUT2D eigenvalue weighted by atomic mass is 16.2. The quantitative estimate of drug-likeness (QED) is 0.753. The Bertz CT molecular complexity index is 431. The SMILES string of the molecule is Cc1ccc(NC(=O)CN(C)CCN(C)C)c(N)c1. The van der Waals surface area contributed by atoms with Crippen LogP contribution < -0.4 is 11.1 Å². The van der Waals surface area contributed by atoms with Crippen molar-refractivity contribution in [1.29, 1.82) is 0 Å². The summed E-state index contributed by atoms with van der Waals surface area (Å²) in [5.41, 5.74) is 8.22. The van der Waals surface area contributed by atoms with E-state index in [1.165, 1.54) is 0 Å². The molecule has 0 unspecified atom stereocenters. The smallest absolute Gasteiger partial charge is 0.238 e. The van der Waals surface area contributed by atoms with Crippen molar-refractivity contribution < 1.29 is 4.79 Å². The van der Waals surface area contributed by atoms with E-state index in [4.69, 9.17) is 5.73 Å². The Balaban J connectivity index is 2.46. The van der Waals surface area contributed by atoms with Crippen molar-refractivity contribution in [3.8, 4) is 0 Å². The number of amides is 1. The van der Waals surface area contributed by atoms with Crippen LogP contribution in [0, 0.1) is 6.92 Å². The average molecular weight is 264 g/mol. The zero-order chi connectivity index (χ0) is 14.4. The summed E-state index contributed by atoms with van der Waals surface area (Å²) in [7, 11) is 5.96. The van der Waals surface area contributed by atoms with Crippen LogP contribution in [-0.2, 0) is 4.79 Å². The van der Waals surface area contributed by atoms with Gasteiger partial charge in [-0.25, -0.2) is 0 Å². The van der Waals surface area contributed by atoms with Crippen molar-refractivity contribution in [2.75, 3.05) is 51.8 Å². The molecule has 0 saturated heterocycles. The van der Waals surface area contributed by atoms with Crippen LogP contribution in [0.3, 0.4) is 0 Å². The molecule has 106 valence electrons. The number of nitrogen functional groups attached to an aromatic ring is 1. The number of rotatable bonds is 6. The van der Waals surface area contributed by atoms with E-state index in [1.54, 1.807) is 0 Å². The molecule has 0 aromatic heterocycles. The van der Waals surface area contributed by atoms with Gasteiger partial charge in [-0.3, -0.25) is 9.69 Å². The minimum absolute atomic E-state index is 0.0446. The Morgan fingerprint density at radius 2 is 1.95 bits per heavy atom. The molecule has 0 heterocycles. The number of anilines is 2. The molecule has 1 aromatic carbocycles. The Labute approximate surface area is 115 Å². The molecule has 19 heavy (non-hydrogen) atoms. The zero-order valence-corrected chi connectivity index (χ0v) is 12.2. The molecule has 0 bridgehead atoms. The molecule has 0 aliphatic rings. The summed E-state index contributed by atoms with van der Waals surface area (Å²) in [4.78, 5) is 16.0. The second-order valence-electron chi connectivity index (χ2n) is 5.18. The predicted molar refractivity (Wildman–Crippen MR) is 80.3 cm³/mol. The van der Waals surface area contributed by atoms with Gasteiger partial charge in [0.25, 0.3) is 0 Å². The van der Waals surface area contributed by atoms with E-state index in [0.29, 0.717) is 17.9 Å². The highest BCUT2D eigenvalue weighted by molar-refractivity contribution is 5.95. The molecule has 0 fully saturated rings. The van der Waals surface area contributed by atoms with E-state index in [0.717, 1.165) is 18.7 Å². The second kappa shape index (κ2) is 7.11. The van der Waals surface area contributed by atoms with Gasteiger partial charge in [0.1, 0.15) is 0 Å². The van der Waals surface area contributed by atoms with Crippen LogP contribution in [0.15, 0.2) is 18.2 Å². The summed E-state index contributed by atoms with van der Waals surface area (Å²) >= 11 is 0. The largest absolute Gasteiger partial charge is 0.397 e. The van der Waals surface area contributed by atoms with Gasteiger partial charge in [-0.1, -0.05) is 6.07 Å². The third-order valence-corrected chi connectivity index (χ3v) is 2.82. The third kappa shape index (κ3) is 5.72. The minimum atomic E-state index is -0.0446. The molecule has 5 nitrogen and oxygen atoms in total. The first kappa shape index (κ1) is 15.5. The van der Waals surface area contributed by atoms with Crippen LogP contribution in [0.5, 0.6) is 0 Å². The maximum Gasteiger partial charge on any atom is 0.238 e. The van der Waals surface area contributed by atoms with Gasteiger partial charge in [0.05, 0.1) is 17.9 Å². The van der Waals surface area contributed by atoms with Crippen molar-refractivity contribution in [3.63, 3.8) is 0 Å². The third-order valence-electron chi connectivity index (χ3n) is 2.82. The lowest BCUT2D eigenvalue weighted by molar-refractivity contribution is -0.117. The predicted octanol–water partition coefficient (Wildman–Crippen LogP) is 1.01. The molecular weight excluding hydrogens is 240 g/mol. The van der Waals surface area contributed by atoms with E-state index in [1.807, 2.05) is 51.2 Å². The first-order valence-corrected chi connectivity index (χ1v) is 6.37. The number of nitrogens with zero attached hydrogens (tertiary/aromatic N) is 2. The van der Waals surface area contributed by atoms with Gasteiger partial charge in [0.2, 0.25) is 5.91 Å². The average Bonchev–Trinajstić information content (AvgIpc) is 2.30. The van der Waals surface area contributed by atoms with E-state index in [9.17, 15) is 4.79 Å². The minimum Gasteiger partial charge on any atom is -0.397 e. The number of nitrogens with two attached hydrogens (primary N) is 1. The van der Waals surface area contributed by atoms with Crippen LogP contribution >= 0.6 is 0 Å². The van der Waals surface area contributed by atoms with Crippen molar-refractivity contribution in [3.05, 3.63) is 23.8 Å². The number of hydrogen-bond donors (Lipinski definition) is 2. The van der Waals surface area contributed by atoms with Gasteiger partial charge in [-0.2, -0.15) is 0 Å². The Hall–Kier alpha value is -1.59. The molecule has 3 N–H and O–H groups in total. The summed E-state index contributed by atoms with van der Waals surface area (Å²) < 4.78 is 0. The van der Waals surface area contributed by atoms with Gasteiger partial charge < -0.3 is 16.0 Å². The van der Waals surface area contributed by atoms with E-state index in [2.05, 4.69) is 10.2 Å². The maximum absolute atomic E-state index is 11.9. The lowest BCUT2D eigenvalue weighted by atomic mass is 10.2. The fourth-order valence-corrected chi connectivity index (χ4v) is 1.68. The maximum atomic E-state index is 11.9. The fourth-order valence-electron chi connectivity index (χ4n) is 1.68. The van der Waals surface area contributed by atoms with E-state index >= 15 is 0 Å². The highest BCUT2D eigenvalue weighted by Crippen LogP contribution is 2.19. The molecule has 1 aromatic rings. The molecule has 0 atom stereocenters. The van der Waals surface area contributed by atoms with Crippen LogP contribution in [-0.4, -0.2) is 56.5 Å². The molecule has 0 aliphatic carbocycles. The number of carbonyl (C=O) groups is 1. The highest BCUT2D eigenvalue weighted by Gasteiger charge is 2.08. The fraction of sp³-hybridized carbons (Fsp3) is 0.500. The molecule has 1 rings (SSSR count). The number of hydrogen-bond acceptors (Lipinski definition) is 4. The molecular formula is C14H24N4O. The van der Waals surface area contributed by atoms with Crippen LogP contribution in [0.4, 0.5) is 11.4 Å². The van der Waals surface area contributed by atoms with Gasteiger partial charge in [0.15, 0.2) is 0 Å². The van der Waals surface area contributed by atoms with Crippen molar-refractivity contribution in [2.45, 2.75) is 6.92 Å². The van der Waals surface area contributed by atoms with Gasteiger partial charge in [-0.15, -0.1) is 0 Å². The summed E-state index contributed by atoms with van der Waals surface area (Å²) in [6, 6.07) is 5.62. The topological polar surface area (TPSA) is 61.6 Å². The Kier molecular flexibility index (Phi) is 5.79. The van der Waals surface area contributed by atoms with Crippen LogP contribution in [0.25, 0.3) is 0 Å². The van der Waals surface area contributed by atoms with E-state index in [-0.39, 0.29) is 5.91 Å². The molecule has 0 aliphatic heterocycles. The van der Waals surface area contributed by atoms with Crippen molar-refractivity contribution in [1.82, 2.24) is 9.80 Å². The van der Waals surface area contributed by atoms with Gasteiger partial charge in [0, 0.05) is 13.1 Å². The summed E-state index contributed by atoms with van der Waals surface area (Å²) in [5.74, 6) is -0.0446. The summed E-state index contributed by atoms with van der Waals surface area (Å²) in [6.07, 6.45) is 0. The lowest BCUT2D eigenvalue weighted by Crippen LogP contribution is -2.35. The number of carbonyl (C=O) groups excluding carboxylic acids is 1. The number of benzene rings is 1. The molecule has 5 heteroatoms. The lowest BCUT2D eigenvalue weighted by Gasteiger charge is -2.19. The van der Waals surface area contributed by atoms with Gasteiger partial charge >= 0.3 is 0 Å². The van der Waals surface area contributed by atoms with E-state index < -0.39 is 0 Å². The van der Waals surface area contributed by atoms with Crippen LogP contribution in [0.2, 0.25) is 0 Å². The Morgan fingerprint density at radius 1 is 1.26 bits per heavy atom. The normalized spacial score (nSPS) is 11.1. The first-order chi connectivity index (χ1) is 8.88. The summed E-state index contributed by atoms with van der Waals surface area (Å²) in [5, 5.41) is 2.84. The second-order valence-corrected chi connectivity index (χ2v) is 5.18. The number of aryl methyl sites for hydroxylation is 1. The van der Waals surface area contributed by atoms with Gasteiger partial charge in [-0.05, 0) is 45.8 Å².